The summed E-state index contributed by atoms with van der Waals surface area (Å²) in [7, 11) is 0. The number of carbonyl (C=O) groups is 1. The molecule has 0 aromatic heterocycles. The van der Waals surface area contributed by atoms with Crippen LogP contribution in [0.5, 0.6) is 5.75 Å². The maximum Gasteiger partial charge on any atom is 0.228 e. The number of nitrogens with one attached hydrogen (secondary N) is 2. The SMILES string of the molecule is C=C(C)/C=C(\C=C(/C)NC(=O)Cc1ccc(O[C@@H]2C=CN/C(=N/[C@@H](C)O)C2CC)c(F)c1)N1CCOCC1. The van der Waals surface area contributed by atoms with Gasteiger partial charge >= 0.3 is 0 Å². The number of hydrogen-bond donors (Lipinski definition) is 3. The van der Waals surface area contributed by atoms with Crippen molar-refractivity contribution in [2.75, 3.05) is 26.3 Å². The number of benzene rings is 1. The number of aliphatic imine (C=N–C) groups is 1. The maximum atomic E-state index is 14.9. The van der Waals surface area contributed by atoms with Crippen molar-refractivity contribution in [2.24, 2.45) is 10.9 Å². The summed E-state index contributed by atoms with van der Waals surface area (Å²) in [5.41, 5.74) is 3.10. The number of amides is 1. The number of carbonyl (C=O) groups excluding carboxylic acids is 1. The molecule has 3 N–H and O–H groups in total. The average molecular weight is 527 g/mol. The number of ether oxygens (including phenoxy) is 2. The predicted octanol–water partition coefficient (Wildman–Crippen LogP) is 3.81. The summed E-state index contributed by atoms with van der Waals surface area (Å²) in [6, 6.07) is 4.55. The van der Waals surface area contributed by atoms with Crippen LogP contribution in [-0.2, 0) is 16.0 Å². The Hall–Kier alpha value is -3.43. The molecule has 0 bridgehead atoms. The fourth-order valence-corrected chi connectivity index (χ4v) is 4.41. The maximum absolute atomic E-state index is 14.9. The Morgan fingerprint density at radius 1 is 1.37 bits per heavy atom. The third-order valence-corrected chi connectivity index (χ3v) is 6.13. The minimum Gasteiger partial charge on any atom is -0.482 e. The van der Waals surface area contributed by atoms with Crippen LogP contribution >= 0.6 is 0 Å². The molecule has 38 heavy (non-hydrogen) atoms. The molecule has 2 aliphatic rings. The lowest BCUT2D eigenvalue weighted by Crippen LogP contribution is -2.41. The van der Waals surface area contributed by atoms with Gasteiger partial charge in [-0.3, -0.25) is 4.79 Å². The standard InChI is InChI=1S/C29H39FN4O4/c1-6-24-26(9-10-31-29(24)33-21(5)35)38-27-8-7-22(17-25(27)30)18-28(36)32-20(4)16-23(15-19(2)3)34-11-13-37-14-12-34/h7-10,15-17,21,24,26,35H,2,6,11-14,18H2,1,3-5H3,(H,31,33)(H,32,36)/b20-16+,23-15+/t21-,24?,26-/m1/s1. The lowest BCUT2D eigenvalue weighted by Gasteiger charge is -2.30. The Labute approximate surface area is 224 Å². The quantitative estimate of drug-likeness (QED) is 0.402. The zero-order chi connectivity index (χ0) is 27.7. The summed E-state index contributed by atoms with van der Waals surface area (Å²) >= 11 is 0. The van der Waals surface area contributed by atoms with Gasteiger partial charge in [-0.05, 0) is 63.1 Å². The number of amidine groups is 1. The molecule has 2 aliphatic heterocycles. The summed E-state index contributed by atoms with van der Waals surface area (Å²) in [5.74, 6) is -0.249. The number of aliphatic hydroxyl groups is 1. The van der Waals surface area contributed by atoms with E-state index >= 15 is 0 Å². The monoisotopic (exact) mass is 526 g/mol. The van der Waals surface area contributed by atoms with Crippen LogP contribution < -0.4 is 15.4 Å². The van der Waals surface area contributed by atoms with Gasteiger partial charge in [0.15, 0.2) is 11.6 Å². The predicted molar refractivity (Wildman–Crippen MR) is 147 cm³/mol. The van der Waals surface area contributed by atoms with Crippen molar-refractivity contribution < 1.29 is 23.8 Å². The second kappa shape index (κ2) is 13.9. The molecular weight excluding hydrogens is 487 g/mol. The summed E-state index contributed by atoms with van der Waals surface area (Å²) in [6.45, 7) is 14.1. The van der Waals surface area contributed by atoms with Crippen LogP contribution in [0.25, 0.3) is 0 Å². The Balaban J connectivity index is 1.64. The highest BCUT2D eigenvalue weighted by Gasteiger charge is 2.28. The van der Waals surface area contributed by atoms with Gasteiger partial charge in [0.2, 0.25) is 5.91 Å². The molecule has 206 valence electrons. The van der Waals surface area contributed by atoms with Gasteiger partial charge < -0.3 is 30.1 Å². The van der Waals surface area contributed by atoms with Crippen LogP contribution in [0, 0.1) is 11.7 Å². The molecule has 1 aromatic carbocycles. The van der Waals surface area contributed by atoms with E-state index in [1.165, 1.54) is 6.07 Å². The van der Waals surface area contributed by atoms with Gasteiger partial charge in [-0.2, -0.15) is 0 Å². The number of aliphatic hydroxyl groups excluding tert-OH is 1. The van der Waals surface area contributed by atoms with Crippen molar-refractivity contribution >= 4 is 11.7 Å². The van der Waals surface area contributed by atoms with E-state index < -0.39 is 18.1 Å². The molecule has 1 unspecified atom stereocenters. The number of nitrogens with zero attached hydrogens (tertiary/aromatic N) is 2. The first-order valence-electron chi connectivity index (χ1n) is 13.0. The lowest BCUT2D eigenvalue weighted by atomic mass is 9.95. The number of allylic oxidation sites excluding steroid dienone is 4. The zero-order valence-electron chi connectivity index (χ0n) is 22.7. The second-order valence-corrected chi connectivity index (χ2v) is 9.58. The smallest absolute Gasteiger partial charge is 0.228 e. The van der Waals surface area contributed by atoms with E-state index in [0.717, 1.165) is 24.4 Å². The topological polar surface area (TPSA) is 95.4 Å². The minimum absolute atomic E-state index is 0.0233. The van der Waals surface area contributed by atoms with Crippen LogP contribution in [0.15, 0.2) is 71.2 Å². The van der Waals surface area contributed by atoms with Crippen molar-refractivity contribution in [3.05, 3.63) is 77.6 Å². The zero-order valence-corrected chi connectivity index (χ0v) is 22.7. The van der Waals surface area contributed by atoms with Gasteiger partial charge in [0.1, 0.15) is 18.2 Å². The second-order valence-electron chi connectivity index (χ2n) is 9.58. The summed E-state index contributed by atoms with van der Waals surface area (Å²) in [5, 5.41) is 15.6. The Morgan fingerprint density at radius 3 is 2.74 bits per heavy atom. The van der Waals surface area contributed by atoms with Gasteiger partial charge in [-0.25, -0.2) is 9.38 Å². The third kappa shape index (κ3) is 8.56. The van der Waals surface area contributed by atoms with Gasteiger partial charge in [0, 0.05) is 30.7 Å². The number of hydrogen-bond acceptors (Lipinski definition) is 6. The first-order valence-corrected chi connectivity index (χ1v) is 13.0. The van der Waals surface area contributed by atoms with E-state index in [2.05, 4.69) is 27.1 Å². The molecule has 1 amide bonds. The first kappa shape index (κ1) is 29.1. The highest BCUT2D eigenvalue weighted by Crippen LogP contribution is 2.26. The van der Waals surface area contributed by atoms with Crippen LogP contribution in [0.1, 0.15) is 39.7 Å². The van der Waals surface area contributed by atoms with E-state index in [9.17, 15) is 14.3 Å². The van der Waals surface area contributed by atoms with Gasteiger partial charge in [0.25, 0.3) is 0 Å². The molecule has 0 aliphatic carbocycles. The molecule has 0 saturated carbocycles. The number of rotatable bonds is 10. The molecule has 1 fully saturated rings. The third-order valence-electron chi connectivity index (χ3n) is 6.13. The summed E-state index contributed by atoms with van der Waals surface area (Å²) in [4.78, 5) is 19.1. The van der Waals surface area contributed by atoms with Crippen molar-refractivity contribution in [1.29, 1.82) is 0 Å². The summed E-state index contributed by atoms with van der Waals surface area (Å²) < 4.78 is 26.3. The average Bonchev–Trinajstić information content (AvgIpc) is 2.85. The fraction of sp³-hybridized carbons (Fsp3) is 0.448. The van der Waals surface area contributed by atoms with Gasteiger partial charge in [0.05, 0.1) is 25.6 Å². The molecule has 3 rings (SSSR count). The molecule has 0 spiro atoms. The molecule has 8 nitrogen and oxygen atoms in total. The molecule has 3 atom stereocenters. The summed E-state index contributed by atoms with van der Waals surface area (Å²) in [6.07, 6.45) is 6.80. The van der Waals surface area contributed by atoms with Gasteiger partial charge in [-0.1, -0.05) is 25.1 Å². The van der Waals surface area contributed by atoms with Crippen LogP contribution in [0.4, 0.5) is 4.39 Å². The molecule has 9 heteroatoms. The molecular formula is C29H39FN4O4. The van der Waals surface area contributed by atoms with E-state index in [-0.39, 0.29) is 24.0 Å². The van der Waals surface area contributed by atoms with E-state index in [0.29, 0.717) is 36.7 Å². The van der Waals surface area contributed by atoms with E-state index in [4.69, 9.17) is 9.47 Å². The lowest BCUT2D eigenvalue weighted by molar-refractivity contribution is -0.119. The van der Waals surface area contributed by atoms with Gasteiger partial charge in [-0.15, -0.1) is 0 Å². The van der Waals surface area contributed by atoms with E-state index in [1.807, 2.05) is 32.9 Å². The molecule has 1 aromatic rings. The van der Waals surface area contributed by atoms with Crippen molar-refractivity contribution in [1.82, 2.24) is 15.5 Å². The number of halogens is 1. The van der Waals surface area contributed by atoms with Crippen molar-refractivity contribution in [3.8, 4) is 5.75 Å². The number of morpholine rings is 1. The van der Waals surface area contributed by atoms with Crippen LogP contribution in [-0.4, -0.2) is 60.4 Å². The van der Waals surface area contributed by atoms with E-state index in [1.54, 1.807) is 31.3 Å². The molecule has 0 radical (unpaired) electrons. The normalized spacial score (nSPS) is 22.2. The fourth-order valence-electron chi connectivity index (χ4n) is 4.41. The van der Waals surface area contributed by atoms with Crippen molar-refractivity contribution in [3.63, 3.8) is 0 Å². The molecule has 2 heterocycles. The van der Waals surface area contributed by atoms with Crippen LogP contribution in [0.2, 0.25) is 0 Å². The largest absolute Gasteiger partial charge is 0.482 e. The highest BCUT2D eigenvalue weighted by molar-refractivity contribution is 5.87. The minimum atomic E-state index is -0.854. The Bertz CT molecular complexity index is 1120. The Kier molecular flexibility index (Phi) is 10.7. The Morgan fingerprint density at radius 2 is 2.11 bits per heavy atom. The van der Waals surface area contributed by atoms with Crippen molar-refractivity contribution in [2.45, 2.75) is 52.9 Å². The first-order chi connectivity index (χ1) is 18.2. The van der Waals surface area contributed by atoms with Crippen LogP contribution in [0.3, 0.4) is 0 Å². The highest BCUT2D eigenvalue weighted by atomic mass is 19.1. The molecule has 1 saturated heterocycles.